The summed E-state index contributed by atoms with van der Waals surface area (Å²) in [6, 6.07) is -0.0652. The molecule has 2 rings (SSSR count). The predicted molar refractivity (Wildman–Crippen MR) is 92.7 cm³/mol. The molecular formula is C16H27ClN4O3. The molecule has 24 heavy (non-hydrogen) atoms. The van der Waals surface area contributed by atoms with Gasteiger partial charge in [-0.3, -0.25) is 9.59 Å². The van der Waals surface area contributed by atoms with Gasteiger partial charge in [0.05, 0.1) is 18.2 Å². The lowest BCUT2D eigenvalue weighted by atomic mass is 10.0. The normalized spacial score (nSPS) is 21.0. The molecule has 2 heterocycles. The summed E-state index contributed by atoms with van der Waals surface area (Å²) < 4.78 is 5.15. The van der Waals surface area contributed by atoms with Gasteiger partial charge in [-0.05, 0) is 26.7 Å². The van der Waals surface area contributed by atoms with Crippen molar-refractivity contribution >= 4 is 24.2 Å². The summed E-state index contributed by atoms with van der Waals surface area (Å²) in [5, 5.41) is 3.92. The van der Waals surface area contributed by atoms with Crippen LogP contribution in [-0.2, 0) is 16.1 Å². The van der Waals surface area contributed by atoms with Crippen molar-refractivity contribution < 1.29 is 14.1 Å². The molecule has 0 bridgehead atoms. The van der Waals surface area contributed by atoms with Gasteiger partial charge in [0.15, 0.2) is 0 Å². The number of hydrogen-bond acceptors (Lipinski definition) is 5. The molecule has 0 unspecified atom stereocenters. The first-order valence-electron chi connectivity index (χ1n) is 7.97. The fourth-order valence-electron chi connectivity index (χ4n) is 3.03. The molecule has 0 spiro atoms. The maximum Gasteiger partial charge on any atom is 0.227 e. The highest BCUT2D eigenvalue weighted by Gasteiger charge is 2.30. The largest absolute Gasteiger partial charge is 0.361 e. The van der Waals surface area contributed by atoms with Crippen LogP contribution < -0.4 is 5.73 Å². The average molecular weight is 359 g/mol. The van der Waals surface area contributed by atoms with Crippen molar-refractivity contribution in [2.45, 2.75) is 46.2 Å². The van der Waals surface area contributed by atoms with Gasteiger partial charge in [-0.1, -0.05) is 5.16 Å². The van der Waals surface area contributed by atoms with Crippen LogP contribution in [0.15, 0.2) is 4.52 Å². The second kappa shape index (κ2) is 8.48. The number of rotatable bonds is 3. The number of hydrogen-bond donors (Lipinski definition) is 1. The number of carbonyl (C=O) groups excluding carboxylic acids is 2. The molecule has 0 aromatic carbocycles. The Morgan fingerprint density at radius 3 is 2.54 bits per heavy atom. The zero-order valence-electron chi connectivity index (χ0n) is 14.7. The summed E-state index contributed by atoms with van der Waals surface area (Å²) >= 11 is 0. The Labute approximate surface area is 148 Å². The first kappa shape index (κ1) is 20.4. The second-order valence-electron chi connectivity index (χ2n) is 6.46. The summed E-state index contributed by atoms with van der Waals surface area (Å²) in [7, 11) is 1.77. The average Bonchev–Trinajstić information content (AvgIpc) is 2.71. The molecule has 1 aromatic rings. The molecule has 2 N–H and O–H groups in total. The Hall–Kier alpha value is -1.60. The number of likely N-dealkylation sites (tertiary alicyclic amines) is 1. The van der Waals surface area contributed by atoms with E-state index in [0.717, 1.165) is 23.4 Å². The van der Waals surface area contributed by atoms with Crippen LogP contribution in [0.5, 0.6) is 0 Å². The molecule has 0 aliphatic carbocycles. The van der Waals surface area contributed by atoms with E-state index in [0.29, 0.717) is 26.1 Å². The highest BCUT2D eigenvalue weighted by molar-refractivity contribution is 5.85. The lowest BCUT2D eigenvalue weighted by Crippen LogP contribution is -2.42. The summed E-state index contributed by atoms with van der Waals surface area (Å²) in [6.45, 7) is 6.65. The van der Waals surface area contributed by atoms with Crippen LogP contribution in [0.25, 0.3) is 0 Å². The fraction of sp³-hybridized carbons (Fsp3) is 0.688. The van der Waals surface area contributed by atoms with E-state index in [1.807, 2.05) is 13.8 Å². The summed E-state index contributed by atoms with van der Waals surface area (Å²) in [4.78, 5) is 27.8. The van der Waals surface area contributed by atoms with E-state index in [2.05, 4.69) is 5.16 Å². The van der Waals surface area contributed by atoms with Crippen molar-refractivity contribution in [2.24, 2.45) is 11.7 Å². The third-order valence-electron chi connectivity index (χ3n) is 4.53. The molecule has 0 saturated carbocycles. The van der Waals surface area contributed by atoms with Crippen molar-refractivity contribution in [1.29, 1.82) is 0 Å². The highest BCUT2D eigenvalue weighted by atomic mass is 35.5. The van der Waals surface area contributed by atoms with E-state index in [1.54, 1.807) is 16.8 Å². The van der Waals surface area contributed by atoms with Crippen LogP contribution in [0, 0.1) is 19.8 Å². The van der Waals surface area contributed by atoms with E-state index in [9.17, 15) is 9.59 Å². The Morgan fingerprint density at radius 2 is 2.00 bits per heavy atom. The van der Waals surface area contributed by atoms with Gasteiger partial charge in [-0.15, -0.1) is 12.4 Å². The van der Waals surface area contributed by atoms with Crippen LogP contribution in [0.1, 0.15) is 36.8 Å². The minimum atomic E-state index is -0.210. The minimum absolute atomic E-state index is 0. The smallest absolute Gasteiger partial charge is 0.227 e. The van der Waals surface area contributed by atoms with Crippen molar-refractivity contribution in [1.82, 2.24) is 15.0 Å². The summed E-state index contributed by atoms with van der Waals surface area (Å²) in [5.74, 6) is 0.521. The van der Waals surface area contributed by atoms with Gasteiger partial charge in [0, 0.05) is 38.7 Å². The summed E-state index contributed by atoms with van der Waals surface area (Å²) in [6.07, 6.45) is 1.45. The standard InChI is InChI=1S/C16H26N4O3.ClH/c1-10-15(11(2)23-18-10)9-19(4)16(22)13-5-6-14(17)8-20(7-13)12(3)21;/h13-14H,5-9,17H2,1-4H3;1H/t13-,14+;/m1./s1. The number of amides is 2. The number of halogens is 1. The maximum absolute atomic E-state index is 12.8. The Balaban J connectivity index is 0.00000288. The first-order chi connectivity index (χ1) is 10.8. The first-order valence-corrected chi connectivity index (χ1v) is 7.97. The van der Waals surface area contributed by atoms with Gasteiger partial charge < -0.3 is 20.1 Å². The topological polar surface area (TPSA) is 92.7 Å². The van der Waals surface area contributed by atoms with Gasteiger partial charge in [-0.2, -0.15) is 0 Å². The monoisotopic (exact) mass is 358 g/mol. The zero-order chi connectivity index (χ0) is 17.1. The Bertz CT molecular complexity index is 570. The third-order valence-corrected chi connectivity index (χ3v) is 4.53. The lowest BCUT2D eigenvalue weighted by molar-refractivity contribution is -0.137. The number of aromatic nitrogens is 1. The van der Waals surface area contributed by atoms with E-state index in [-0.39, 0.29) is 36.2 Å². The molecule has 1 fully saturated rings. The van der Waals surface area contributed by atoms with Crippen molar-refractivity contribution in [3.8, 4) is 0 Å². The molecular weight excluding hydrogens is 332 g/mol. The minimum Gasteiger partial charge on any atom is -0.361 e. The summed E-state index contributed by atoms with van der Waals surface area (Å²) in [5.41, 5.74) is 7.75. The van der Waals surface area contributed by atoms with E-state index in [1.165, 1.54) is 6.92 Å². The molecule has 1 aromatic heterocycles. The van der Waals surface area contributed by atoms with Crippen LogP contribution >= 0.6 is 12.4 Å². The van der Waals surface area contributed by atoms with Crippen molar-refractivity contribution in [2.75, 3.05) is 20.1 Å². The molecule has 2 amide bonds. The molecule has 1 aliphatic rings. The van der Waals surface area contributed by atoms with Gasteiger partial charge in [-0.25, -0.2) is 0 Å². The van der Waals surface area contributed by atoms with E-state index in [4.69, 9.17) is 10.3 Å². The molecule has 136 valence electrons. The van der Waals surface area contributed by atoms with Crippen LogP contribution in [-0.4, -0.2) is 52.9 Å². The molecule has 8 heteroatoms. The third kappa shape index (κ3) is 4.70. The number of aryl methyl sites for hydroxylation is 2. The molecule has 0 radical (unpaired) electrons. The number of nitrogens with zero attached hydrogens (tertiary/aromatic N) is 3. The van der Waals surface area contributed by atoms with Crippen molar-refractivity contribution in [3.63, 3.8) is 0 Å². The molecule has 7 nitrogen and oxygen atoms in total. The second-order valence-corrected chi connectivity index (χ2v) is 6.46. The number of nitrogens with two attached hydrogens (primary N) is 1. The SMILES string of the molecule is CC(=O)N1C[C@@H](N)CC[C@@H](C(=O)N(C)Cc2c(C)noc2C)C1.Cl. The molecule has 1 aliphatic heterocycles. The van der Waals surface area contributed by atoms with Gasteiger partial charge in [0.2, 0.25) is 11.8 Å². The highest BCUT2D eigenvalue weighted by Crippen LogP contribution is 2.21. The van der Waals surface area contributed by atoms with Crippen LogP contribution in [0.2, 0.25) is 0 Å². The van der Waals surface area contributed by atoms with Crippen LogP contribution in [0.4, 0.5) is 0 Å². The Morgan fingerprint density at radius 1 is 1.33 bits per heavy atom. The van der Waals surface area contributed by atoms with Gasteiger partial charge in [0.1, 0.15) is 5.76 Å². The van der Waals surface area contributed by atoms with Gasteiger partial charge >= 0.3 is 0 Å². The fourth-order valence-corrected chi connectivity index (χ4v) is 3.03. The quantitative estimate of drug-likeness (QED) is 0.878. The maximum atomic E-state index is 12.8. The number of carbonyl (C=O) groups is 2. The molecule has 1 saturated heterocycles. The van der Waals surface area contributed by atoms with Crippen molar-refractivity contribution in [3.05, 3.63) is 17.0 Å². The molecule has 2 atom stereocenters. The van der Waals surface area contributed by atoms with Gasteiger partial charge in [0.25, 0.3) is 0 Å². The Kier molecular flexibility index (Phi) is 7.23. The van der Waals surface area contributed by atoms with Crippen LogP contribution in [0.3, 0.4) is 0 Å². The predicted octanol–water partition coefficient (Wildman–Crippen LogP) is 1.26. The van der Waals surface area contributed by atoms with E-state index >= 15 is 0 Å². The zero-order valence-corrected chi connectivity index (χ0v) is 15.6. The lowest BCUT2D eigenvalue weighted by Gasteiger charge is -2.26. The van der Waals surface area contributed by atoms with E-state index < -0.39 is 0 Å².